The maximum atomic E-state index is 12.3. The predicted molar refractivity (Wildman–Crippen MR) is 105 cm³/mol. The summed E-state index contributed by atoms with van der Waals surface area (Å²) in [5.41, 5.74) is 0.0632. The second-order valence-electron chi connectivity index (χ2n) is 5.77. The van der Waals surface area contributed by atoms with E-state index in [-0.39, 0.29) is 27.8 Å². The van der Waals surface area contributed by atoms with Gasteiger partial charge in [0.05, 0.1) is 4.92 Å². The van der Waals surface area contributed by atoms with Crippen LogP contribution >= 0.6 is 11.3 Å². The van der Waals surface area contributed by atoms with E-state index in [1.165, 1.54) is 30.3 Å². The van der Waals surface area contributed by atoms with Crippen LogP contribution in [-0.4, -0.2) is 24.4 Å². The Kier molecular flexibility index (Phi) is 5.80. The number of non-ortho nitro benzene ring substituents is 1. The van der Waals surface area contributed by atoms with Crippen LogP contribution < -0.4 is 4.72 Å². The highest BCUT2D eigenvalue weighted by Gasteiger charge is 2.19. The third kappa shape index (κ3) is 4.89. The SMILES string of the molecule is O=C(OCc1cccc([N+](=O)[O-])c1)c1cc(NS(=O)(=O)c2cccs2)ccc1O. The smallest absolute Gasteiger partial charge is 0.342 e. The summed E-state index contributed by atoms with van der Waals surface area (Å²) in [6.07, 6.45) is 0. The number of phenolic OH excluding ortho intramolecular Hbond substituents is 1. The van der Waals surface area contributed by atoms with Crippen LogP contribution in [0.25, 0.3) is 0 Å². The molecule has 3 aromatic rings. The summed E-state index contributed by atoms with van der Waals surface area (Å²) in [4.78, 5) is 22.5. The number of carbonyl (C=O) groups is 1. The van der Waals surface area contributed by atoms with Crippen LogP contribution in [0.2, 0.25) is 0 Å². The number of ether oxygens (including phenoxy) is 1. The van der Waals surface area contributed by atoms with Crippen molar-refractivity contribution >= 4 is 38.7 Å². The van der Waals surface area contributed by atoms with Gasteiger partial charge in [0.1, 0.15) is 22.1 Å². The highest BCUT2D eigenvalue weighted by Crippen LogP contribution is 2.26. The topological polar surface area (TPSA) is 136 Å². The lowest BCUT2D eigenvalue weighted by molar-refractivity contribution is -0.384. The van der Waals surface area contributed by atoms with E-state index in [0.29, 0.717) is 5.56 Å². The standard InChI is InChI=1S/C18H14N2O7S2/c21-16-7-6-13(19-29(25,26)17-5-2-8-28-17)10-15(16)18(22)27-11-12-3-1-4-14(9-12)20(23)24/h1-10,19,21H,11H2. The molecule has 0 aliphatic rings. The number of hydrogen-bond donors (Lipinski definition) is 2. The van der Waals surface area contributed by atoms with E-state index < -0.39 is 26.7 Å². The highest BCUT2D eigenvalue weighted by molar-refractivity contribution is 7.94. The molecule has 0 unspecified atom stereocenters. The Morgan fingerprint density at radius 1 is 1.17 bits per heavy atom. The van der Waals surface area contributed by atoms with Crippen LogP contribution in [0.4, 0.5) is 11.4 Å². The Labute approximate surface area is 169 Å². The number of phenols is 1. The Hall–Kier alpha value is -3.44. The van der Waals surface area contributed by atoms with Crippen molar-refractivity contribution in [2.45, 2.75) is 10.8 Å². The third-order valence-corrected chi connectivity index (χ3v) is 6.50. The molecular weight excluding hydrogens is 420 g/mol. The lowest BCUT2D eigenvalue weighted by Crippen LogP contribution is -2.12. The minimum Gasteiger partial charge on any atom is -0.507 e. The van der Waals surface area contributed by atoms with Gasteiger partial charge in [-0.2, -0.15) is 0 Å². The summed E-state index contributed by atoms with van der Waals surface area (Å²) in [7, 11) is -3.82. The van der Waals surface area contributed by atoms with E-state index >= 15 is 0 Å². The zero-order chi connectivity index (χ0) is 21.0. The predicted octanol–water partition coefficient (Wildman–Crippen LogP) is 3.52. The van der Waals surface area contributed by atoms with Gasteiger partial charge >= 0.3 is 5.97 Å². The number of carbonyl (C=O) groups excluding carboxylic acids is 1. The largest absolute Gasteiger partial charge is 0.507 e. The van der Waals surface area contributed by atoms with Crippen LogP contribution in [0.5, 0.6) is 5.75 Å². The molecule has 0 aliphatic carbocycles. The van der Waals surface area contributed by atoms with Crippen molar-refractivity contribution in [1.29, 1.82) is 0 Å². The molecular formula is C18H14N2O7S2. The zero-order valence-corrected chi connectivity index (χ0v) is 16.3. The average Bonchev–Trinajstić information content (AvgIpc) is 3.23. The number of thiophene rings is 1. The van der Waals surface area contributed by atoms with Crippen molar-refractivity contribution < 1.29 is 28.0 Å². The number of nitro groups is 1. The average molecular weight is 434 g/mol. The van der Waals surface area contributed by atoms with Crippen LogP contribution in [0.3, 0.4) is 0 Å². The molecule has 0 atom stereocenters. The molecule has 9 nitrogen and oxygen atoms in total. The monoisotopic (exact) mass is 434 g/mol. The summed E-state index contributed by atoms with van der Waals surface area (Å²) in [5.74, 6) is -1.31. The molecule has 3 rings (SSSR count). The van der Waals surface area contributed by atoms with Crippen LogP contribution in [0, 0.1) is 10.1 Å². The van der Waals surface area contributed by atoms with Gasteiger partial charge in [-0.15, -0.1) is 11.3 Å². The number of sulfonamides is 1. The zero-order valence-electron chi connectivity index (χ0n) is 14.6. The summed E-state index contributed by atoms with van der Waals surface area (Å²) in [6.45, 7) is -0.259. The number of aromatic hydroxyl groups is 1. The number of esters is 1. The molecule has 1 aromatic heterocycles. The second-order valence-corrected chi connectivity index (χ2v) is 8.63. The number of rotatable bonds is 7. The molecule has 2 N–H and O–H groups in total. The van der Waals surface area contributed by atoms with Crippen LogP contribution in [-0.2, 0) is 21.4 Å². The van der Waals surface area contributed by atoms with Crippen LogP contribution in [0.15, 0.2) is 64.2 Å². The summed E-state index contributed by atoms with van der Waals surface area (Å²) >= 11 is 1.03. The van der Waals surface area contributed by atoms with Gasteiger partial charge in [0.15, 0.2) is 0 Å². The molecule has 0 bridgehead atoms. The molecule has 0 aliphatic heterocycles. The lowest BCUT2D eigenvalue weighted by Gasteiger charge is -2.10. The van der Waals surface area contributed by atoms with Crippen molar-refractivity contribution in [1.82, 2.24) is 0 Å². The van der Waals surface area contributed by atoms with E-state index in [1.807, 2.05) is 0 Å². The molecule has 11 heteroatoms. The molecule has 0 radical (unpaired) electrons. The number of benzene rings is 2. The normalized spacial score (nSPS) is 11.0. The molecule has 29 heavy (non-hydrogen) atoms. The van der Waals surface area contributed by atoms with Crippen molar-refractivity contribution in [3.8, 4) is 5.75 Å². The first kappa shape index (κ1) is 20.3. The van der Waals surface area contributed by atoms with Crippen molar-refractivity contribution in [3.05, 3.63) is 81.2 Å². The van der Waals surface area contributed by atoms with E-state index in [1.54, 1.807) is 17.5 Å². The minimum absolute atomic E-state index is 0.0681. The van der Waals surface area contributed by atoms with Gasteiger partial charge in [-0.05, 0) is 35.2 Å². The number of nitrogens with one attached hydrogen (secondary N) is 1. The highest BCUT2D eigenvalue weighted by atomic mass is 32.2. The third-order valence-electron chi connectivity index (χ3n) is 3.72. The molecule has 1 heterocycles. The number of hydrogen-bond acceptors (Lipinski definition) is 8. The molecule has 0 saturated heterocycles. The Morgan fingerprint density at radius 3 is 2.66 bits per heavy atom. The maximum absolute atomic E-state index is 12.3. The first-order chi connectivity index (χ1) is 13.8. The van der Waals surface area contributed by atoms with E-state index in [4.69, 9.17) is 4.74 Å². The summed E-state index contributed by atoms with van der Waals surface area (Å²) < 4.78 is 32.1. The van der Waals surface area contributed by atoms with Crippen molar-refractivity contribution in [2.75, 3.05) is 4.72 Å². The summed E-state index contributed by atoms with van der Waals surface area (Å²) in [6, 6.07) is 12.2. The fourth-order valence-corrected chi connectivity index (χ4v) is 4.41. The molecule has 0 saturated carbocycles. The molecule has 150 valence electrons. The van der Waals surface area contributed by atoms with E-state index in [0.717, 1.165) is 23.5 Å². The first-order valence-electron chi connectivity index (χ1n) is 8.06. The van der Waals surface area contributed by atoms with Gasteiger partial charge in [-0.3, -0.25) is 14.8 Å². The van der Waals surface area contributed by atoms with E-state index in [9.17, 15) is 28.4 Å². The lowest BCUT2D eigenvalue weighted by atomic mass is 10.2. The molecule has 0 fully saturated rings. The van der Waals surface area contributed by atoms with E-state index in [2.05, 4.69) is 4.72 Å². The van der Waals surface area contributed by atoms with Crippen LogP contribution in [0.1, 0.15) is 15.9 Å². The fraction of sp³-hybridized carbons (Fsp3) is 0.0556. The Bertz CT molecular complexity index is 1160. The van der Waals surface area contributed by atoms with Gasteiger partial charge in [0.2, 0.25) is 0 Å². The second kappa shape index (κ2) is 8.29. The molecule has 0 spiro atoms. The fourth-order valence-electron chi connectivity index (χ4n) is 2.37. The van der Waals surface area contributed by atoms with Gasteiger partial charge in [-0.25, -0.2) is 13.2 Å². The number of anilines is 1. The Morgan fingerprint density at radius 2 is 1.97 bits per heavy atom. The molecule has 0 amide bonds. The van der Waals surface area contributed by atoms with Gasteiger partial charge in [0, 0.05) is 17.8 Å². The van der Waals surface area contributed by atoms with Gasteiger partial charge in [-0.1, -0.05) is 18.2 Å². The maximum Gasteiger partial charge on any atom is 0.342 e. The van der Waals surface area contributed by atoms with Crippen molar-refractivity contribution in [3.63, 3.8) is 0 Å². The molecule has 2 aromatic carbocycles. The first-order valence-corrected chi connectivity index (χ1v) is 10.4. The van der Waals surface area contributed by atoms with Gasteiger partial charge in [0.25, 0.3) is 15.7 Å². The summed E-state index contributed by atoms with van der Waals surface area (Å²) in [5, 5.41) is 22.4. The number of nitrogens with zero attached hydrogens (tertiary/aromatic N) is 1. The quantitative estimate of drug-likeness (QED) is 0.251. The van der Waals surface area contributed by atoms with Crippen molar-refractivity contribution in [2.24, 2.45) is 0 Å². The minimum atomic E-state index is -3.82. The van der Waals surface area contributed by atoms with Gasteiger partial charge < -0.3 is 9.84 Å². The number of nitro benzene ring substituents is 1. The Balaban J connectivity index is 1.75.